The lowest BCUT2D eigenvalue weighted by Crippen LogP contribution is -2.30. The minimum atomic E-state index is -0.136. The quantitative estimate of drug-likeness (QED) is 0.831. The zero-order valence-corrected chi connectivity index (χ0v) is 12.1. The highest BCUT2D eigenvalue weighted by Gasteiger charge is 2.36. The van der Waals surface area contributed by atoms with E-state index in [9.17, 15) is 4.79 Å². The van der Waals surface area contributed by atoms with Crippen LogP contribution < -0.4 is 0 Å². The molecule has 2 heterocycles. The molecule has 0 bridgehead atoms. The minimum absolute atomic E-state index is 0.136. The Morgan fingerprint density at radius 2 is 2.22 bits per heavy atom. The number of rotatable bonds is 3. The number of carbonyl (C=O) groups is 1. The average molecular weight is 276 g/mol. The second-order valence-electron chi connectivity index (χ2n) is 5.04. The van der Waals surface area contributed by atoms with Gasteiger partial charge in [-0.25, -0.2) is 0 Å². The van der Waals surface area contributed by atoms with Crippen LogP contribution in [0.5, 0.6) is 0 Å². The molecule has 1 aliphatic rings. The normalized spacial score (nSPS) is 23.6. The zero-order valence-electron chi connectivity index (χ0n) is 10.4. The van der Waals surface area contributed by atoms with Crippen LogP contribution in [0, 0.1) is 0 Å². The van der Waals surface area contributed by atoms with E-state index in [4.69, 9.17) is 0 Å². The number of benzene rings is 1. The van der Waals surface area contributed by atoms with Gasteiger partial charge in [0.1, 0.15) is 0 Å². The smallest absolute Gasteiger partial charge is 0.153 e. The molecule has 3 rings (SSSR count). The Morgan fingerprint density at radius 3 is 3.00 bits per heavy atom. The van der Waals surface area contributed by atoms with E-state index >= 15 is 0 Å². The van der Waals surface area contributed by atoms with Crippen molar-refractivity contribution in [2.75, 3.05) is 5.75 Å². The van der Waals surface area contributed by atoms with Crippen molar-refractivity contribution in [3.05, 3.63) is 35.2 Å². The minimum Gasteiger partial charge on any atom is -0.298 e. The van der Waals surface area contributed by atoms with Crippen LogP contribution in [0.2, 0.25) is 0 Å². The number of ketones is 1. The molecule has 0 N–H and O–H groups in total. The Kier molecular flexibility index (Phi) is 3.20. The molecule has 0 spiro atoms. The summed E-state index contributed by atoms with van der Waals surface area (Å²) in [5.41, 5.74) is 1.20. The first-order valence-electron chi connectivity index (χ1n) is 6.31. The van der Waals surface area contributed by atoms with Crippen molar-refractivity contribution < 1.29 is 4.79 Å². The summed E-state index contributed by atoms with van der Waals surface area (Å²) >= 11 is 3.57. The molecule has 2 aromatic rings. The van der Waals surface area contributed by atoms with Gasteiger partial charge in [-0.15, -0.1) is 23.1 Å². The van der Waals surface area contributed by atoms with Gasteiger partial charge >= 0.3 is 0 Å². The number of Topliss-reactive ketones (excluding diaryl/α,β-unsaturated/α-hetero) is 1. The Labute approximate surface area is 116 Å². The highest BCUT2D eigenvalue weighted by molar-refractivity contribution is 8.01. The molecule has 1 atom stereocenters. The van der Waals surface area contributed by atoms with Gasteiger partial charge in [0.05, 0.1) is 4.75 Å². The van der Waals surface area contributed by atoms with Gasteiger partial charge in [-0.3, -0.25) is 4.79 Å². The van der Waals surface area contributed by atoms with Crippen molar-refractivity contribution in [2.24, 2.45) is 0 Å². The highest BCUT2D eigenvalue weighted by atomic mass is 32.2. The lowest BCUT2D eigenvalue weighted by molar-refractivity contribution is -0.120. The Bertz CT molecular complexity index is 579. The van der Waals surface area contributed by atoms with Crippen molar-refractivity contribution in [3.63, 3.8) is 0 Å². The molecule has 1 aromatic heterocycles. The van der Waals surface area contributed by atoms with E-state index in [1.807, 2.05) is 11.8 Å². The van der Waals surface area contributed by atoms with Crippen LogP contribution in [0.15, 0.2) is 29.6 Å². The molecule has 0 radical (unpaired) electrons. The number of carbonyl (C=O) groups excluding carboxylic acids is 1. The first-order valence-corrected chi connectivity index (χ1v) is 8.18. The van der Waals surface area contributed by atoms with Gasteiger partial charge in [-0.1, -0.05) is 18.2 Å². The van der Waals surface area contributed by atoms with Gasteiger partial charge in [-0.2, -0.15) is 0 Å². The maximum Gasteiger partial charge on any atom is 0.153 e. The number of fused-ring (bicyclic) bond motifs is 1. The summed E-state index contributed by atoms with van der Waals surface area (Å²) in [6.45, 7) is 2.11. The molecule has 1 fully saturated rings. The van der Waals surface area contributed by atoms with E-state index in [-0.39, 0.29) is 4.75 Å². The third kappa shape index (κ3) is 2.10. The molecule has 1 saturated heterocycles. The third-order valence-corrected chi connectivity index (χ3v) is 6.29. The van der Waals surface area contributed by atoms with Crippen molar-refractivity contribution in [1.82, 2.24) is 0 Å². The summed E-state index contributed by atoms with van der Waals surface area (Å²) in [6.07, 6.45) is 2.81. The van der Waals surface area contributed by atoms with Gasteiger partial charge in [0.2, 0.25) is 0 Å². The van der Waals surface area contributed by atoms with Crippen molar-refractivity contribution in [2.45, 2.75) is 30.9 Å². The molecular formula is C15H16OS2. The first-order chi connectivity index (χ1) is 8.69. The van der Waals surface area contributed by atoms with Gasteiger partial charge in [0.25, 0.3) is 0 Å². The SMILES string of the molecule is CC1(C(=O)Cc2csc3ccccc23)CCCS1. The van der Waals surface area contributed by atoms with Crippen LogP contribution in [0.3, 0.4) is 0 Å². The fourth-order valence-corrected chi connectivity index (χ4v) is 4.75. The van der Waals surface area contributed by atoms with Crippen LogP contribution in [-0.2, 0) is 11.2 Å². The van der Waals surface area contributed by atoms with Crippen LogP contribution in [0.4, 0.5) is 0 Å². The Balaban J connectivity index is 1.86. The molecule has 0 saturated carbocycles. The average Bonchev–Trinajstić information content (AvgIpc) is 2.98. The summed E-state index contributed by atoms with van der Waals surface area (Å²) in [4.78, 5) is 12.5. The summed E-state index contributed by atoms with van der Waals surface area (Å²) in [6, 6.07) is 8.35. The van der Waals surface area contributed by atoms with E-state index in [1.165, 1.54) is 22.1 Å². The molecule has 0 aliphatic carbocycles. The van der Waals surface area contributed by atoms with Gasteiger partial charge in [0.15, 0.2) is 5.78 Å². The van der Waals surface area contributed by atoms with Gasteiger partial charge in [-0.05, 0) is 47.9 Å². The third-order valence-electron chi connectivity index (χ3n) is 3.72. The standard InChI is InChI=1S/C15H16OS2/c1-15(7-4-8-18-15)14(16)9-11-10-17-13-6-3-2-5-12(11)13/h2-3,5-6,10H,4,7-9H2,1H3. The zero-order chi connectivity index (χ0) is 12.6. The van der Waals surface area contributed by atoms with E-state index in [2.05, 4.69) is 36.6 Å². The predicted molar refractivity (Wildman–Crippen MR) is 80.6 cm³/mol. The maximum atomic E-state index is 12.5. The summed E-state index contributed by atoms with van der Waals surface area (Å²) < 4.78 is 1.15. The van der Waals surface area contributed by atoms with Gasteiger partial charge in [0, 0.05) is 11.1 Å². The Morgan fingerprint density at radius 1 is 1.39 bits per heavy atom. The van der Waals surface area contributed by atoms with Gasteiger partial charge < -0.3 is 0 Å². The Hall–Kier alpha value is -0.800. The number of hydrogen-bond acceptors (Lipinski definition) is 3. The number of hydrogen-bond donors (Lipinski definition) is 0. The van der Waals surface area contributed by atoms with Crippen molar-refractivity contribution in [1.29, 1.82) is 0 Å². The number of thioether (sulfide) groups is 1. The van der Waals surface area contributed by atoms with Crippen molar-refractivity contribution in [3.8, 4) is 0 Å². The molecule has 1 aliphatic heterocycles. The molecule has 1 aromatic carbocycles. The largest absolute Gasteiger partial charge is 0.298 e. The second-order valence-corrected chi connectivity index (χ2v) is 7.55. The van der Waals surface area contributed by atoms with Crippen LogP contribution in [-0.4, -0.2) is 16.3 Å². The van der Waals surface area contributed by atoms with Crippen LogP contribution >= 0.6 is 23.1 Å². The molecule has 18 heavy (non-hydrogen) atoms. The topological polar surface area (TPSA) is 17.1 Å². The first kappa shape index (κ1) is 12.2. The lowest BCUT2D eigenvalue weighted by atomic mass is 9.95. The monoisotopic (exact) mass is 276 g/mol. The molecule has 1 nitrogen and oxygen atoms in total. The van der Waals surface area contributed by atoms with E-state index in [0.717, 1.165) is 12.2 Å². The fourth-order valence-electron chi connectivity index (χ4n) is 2.53. The fraction of sp³-hybridized carbons (Fsp3) is 0.400. The van der Waals surface area contributed by atoms with Crippen molar-refractivity contribution >= 4 is 39.0 Å². The van der Waals surface area contributed by atoms with Crippen LogP contribution in [0.1, 0.15) is 25.3 Å². The predicted octanol–water partition coefficient (Wildman–Crippen LogP) is 4.30. The summed E-state index contributed by atoms with van der Waals surface area (Å²) in [7, 11) is 0. The summed E-state index contributed by atoms with van der Waals surface area (Å²) in [5.74, 6) is 1.53. The summed E-state index contributed by atoms with van der Waals surface area (Å²) in [5, 5.41) is 3.40. The lowest BCUT2D eigenvalue weighted by Gasteiger charge is -2.20. The molecule has 3 heteroatoms. The van der Waals surface area contributed by atoms with E-state index in [1.54, 1.807) is 11.3 Å². The maximum absolute atomic E-state index is 12.5. The highest BCUT2D eigenvalue weighted by Crippen LogP contribution is 2.39. The molecule has 94 valence electrons. The van der Waals surface area contributed by atoms with E-state index in [0.29, 0.717) is 12.2 Å². The molecule has 1 unspecified atom stereocenters. The molecular weight excluding hydrogens is 260 g/mol. The second kappa shape index (κ2) is 4.71. The van der Waals surface area contributed by atoms with E-state index < -0.39 is 0 Å². The number of thiophene rings is 1. The molecule has 0 amide bonds. The van der Waals surface area contributed by atoms with Crippen LogP contribution in [0.25, 0.3) is 10.1 Å².